The van der Waals surface area contributed by atoms with Gasteiger partial charge in [-0.3, -0.25) is 19.2 Å². The summed E-state index contributed by atoms with van der Waals surface area (Å²) in [6.07, 6.45) is 18.7. The Kier molecular flexibility index (Phi) is 23.0. The molecule has 0 heterocycles. The maximum Gasteiger partial charge on any atom is 0.321 e. The van der Waals surface area contributed by atoms with E-state index in [2.05, 4.69) is 12.2 Å². The number of carboxylic acid groups (broad SMARTS) is 1. The molecule has 2 rings (SSSR count). The second-order valence-electron chi connectivity index (χ2n) is 13.6. The molecule has 50 heavy (non-hydrogen) atoms. The highest BCUT2D eigenvalue weighted by molar-refractivity contribution is 6.02. The zero-order valence-corrected chi connectivity index (χ0v) is 30.6. The van der Waals surface area contributed by atoms with Crippen molar-refractivity contribution in [2.45, 2.75) is 155 Å². The molecule has 0 fully saturated rings. The number of hydrogen-bond donors (Lipinski definition) is 2. The first-order chi connectivity index (χ1) is 24.4. The summed E-state index contributed by atoms with van der Waals surface area (Å²) in [4.78, 5) is 50.8. The van der Waals surface area contributed by atoms with Gasteiger partial charge >= 0.3 is 17.9 Å². The number of nitrogens with one attached hydrogen (secondary N) is 1. The van der Waals surface area contributed by atoms with Crippen LogP contribution in [0.25, 0.3) is 0 Å². The molecule has 8 nitrogen and oxygen atoms in total. The monoisotopic (exact) mass is 693 g/mol. The minimum Gasteiger partial charge on any atom is -0.481 e. The molecule has 0 aliphatic heterocycles. The molecule has 278 valence electrons. The van der Waals surface area contributed by atoms with Crippen molar-refractivity contribution in [2.75, 3.05) is 6.54 Å². The van der Waals surface area contributed by atoms with Crippen LogP contribution < -0.4 is 5.32 Å². The summed E-state index contributed by atoms with van der Waals surface area (Å²) in [6.45, 7) is 2.60. The number of carbonyl (C=O) groups is 4. The first-order valence-corrected chi connectivity index (χ1v) is 19.3. The summed E-state index contributed by atoms with van der Waals surface area (Å²) >= 11 is 0. The van der Waals surface area contributed by atoms with Gasteiger partial charge in [-0.1, -0.05) is 170 Å². The van der Waals surface area contributed by atoms with E-state index in [0.29, 0.717) is 32.3 Å². The van der Waals surface area contributed by atoms with Gasteiger partial charge in [0.15, 0.2) is 0 Å². The molecule has 0 bridgehead atoms. The third-order valence-electron chi connectivity index (χ3n) is 9.35. The number of aliphatic carboxylic acids is 1. The van der Waals surface area contributed by atoms with Crippen LogP contribution in [0.1, 0.15) is 153 Å². The first kappa shape index (κ1) is 42.5. The van der Waals surface area contributed by atoms with Crippen molar-refractivity contribution in [3.05, 3.63) is 71.8 Å². The van der Waals surface area contributed by atoms with Crippen molar-refractivity contribution in [2.24, 2.45) is 5.41 Å². The lowest BCUT2D eigenvalue weighted by molar-refractivity contribution is -0.164. The Hall–Kier alpha value is -3.68. The van der Waals surface area contributed by atoms with Crippen LogP contribution in [-0.4, -0.2) is 35.5 Å². The fourth-order valence-corrected chi connectivity index (χ4v) is 6.27. The van der Waals surface area contributed by atoms with E-state index in [1.807, 2.05) is 60.7 Å². The van der Waals surface area contributed by atoms with E-state index >= 15 is 0 Å². The molecule has 0 aliphatic rings. The Morgan fingerprint density at radius 2 is 1.02 bits per heavy atom. The van der Waals surface area contributed by atoms with Crippen molar-refractivity contribution in [1.82, 2.24) is 5.32 Å². The van der Waals surface area contributed by atoms with Crippen LogP contribution in [0.3, 0.4) is 0 Å². The SMILES string of the molecule is CCCCCCCCCCCC(CCCCCCCCCCC(=O)OCc1ccccc1)(C(=O)NCCC(=O)O)C(=O)OCc1ccccc1. The number of ether oxygens (including phenoxy) is 2. The molecule has 0 spiro atoms. The van der Waals surface area contributed by atoms with Gasteiger partial charge in [-0.15, -0.1) is 0 Å². The van der Waals surface area contributed by atoms with Crippen LogP contribution in [-0.2, 0) is 41.9 Å². The third-order valence-corrected chi connectivity index (χ3v) is 9.35. The maximum absolute atomic E-state index is 13.8. The molecule has 0 saturated carbocycles. The smallest absolute Gasteiger partial charge is 0.321 e. The van der Waals surface area contributed by atoms with Gasteiger partial charge in [-0.2, -0.15) is 0 Å². The molecule has 0 saturated heterocycles. The largest absolute Gasteiger partial charge is 0.481 e. The molecule has 0 aliphatic carbocycles. The summed E-state index contributed by atoms with van der Waals surface area (Å²) in [5.41, 5.74) is 0.501. The fourth-order valence-electron chi connectivity index (χ4n) is 6.27. The summed E-state index contributed by atoms with van der Waals surface area (Å²) in [6, 6.07) is 19.1. The normalized spacial score (nSPS) is 12.2. The van der Waals surface area contributed by atoms with E-state index in [4.69, 9.17) is 14.6 Å². The molecule has 1 unspecified atom stereocenters. The molecule has 1 amide bonds. The highest BCUT2D eigenvalue weighted by atomic mass is 16.5. The number of unbranched alkanes of at least 4 members (excludes halogenated alkanes) is 15. The summed E-state index contributed by atoms with van der Waals surface area (Å²) < 4.78 is 11.2. The zero-order valence-electron chi connectivity index (χ0n) is 30.6. The Morgan fingerprint density at radius 3 is 1.50 bits per heavy atom. The second kappa shape index (κ2) is 27.1. The predicted molar refractivity (Wildman–Crippen MR) is 198 cm³/mol. The number of carboxylic acids is 1. The van der Waals surface area contributed by atoms with Gasteiger partial charge in [0.1, 0.15) is 18.6 Å². The molecular formula is C42H63NO7. The molecule has 2 aromatic carbocycles. The fraction of sp³-hybridized carbons (Fsp3) is 0.619. The van der Waals surface area contributed by atoms with Crippen LogP contribution in [0.15, 0.2) is 60.7 Å². The van der Waals surface area contributed by atoms with E-state index in [0.717, 1.165) is 81.8 Å². The Bertz CT molecular complexity index is 1200. The average Bonchev–Trinajstić information content (AvgIpc) is 3.12. The lowest BCUT2D eigenvalue weighted by Gasteiger charge is -2.30. The zero-order chi connectivity index (χ0) is 36.1. The number of hydrogen-bond acceptors (Lipinski definition) is 6. The number of benzene rings is 2. The third kappa shape index (κ3) is 18.9. The Morgan fingerprint density at radius 1 is 0.580 bits per heavy atom. The molecule has 1 atom stereocenters. The van der Waals surface area contributed by atoms with E-state index in [1.54, 1.807) is 0 Å². The van der Waals surface area contributed by atoms with Crippen LogP contribution in [0.5, 0.6) is 0 Å². The number of amides is 1. The van der Waals surface area contributed by atoms with E-state index < -0.39 is 23.3 Å². The minimum atomic E-state index is -1.34. The lowest BCUT2D eigenvalue weighted by atomic mass is 9.76. The lowest BCUT2D eigenvalue weighted by Crippen LogP contribution is -2.48. The van der Waals surface area contributed by atoms with Gasteiger partial charge in [0, 0.05) is 13.0 Å². The van der Waals surface area contributed by atoms with Crippen LogP contribution in [0.4, 0.5) is 0 Å². The van der Waals surface area contributed by atoms with Crippen molar-refractivity contribution in [1.29, 1.82) is 0 Å². The standard InChI is InChI=1S/C42H63NO7/c1-2-3-4-5-6-8-11-14-23-31-42(40(47)43-33-30-38(44)45,41(48)50-35-37-27-20-17-21-28-37)32-24-15-12-9-7-10-13-22-29-39(46)49-34-36-25-18-16-19-26-36/h16-21,25-28H,2-15,22-24,29-35H2,1H3,(H,43,47)(H,44,45). The number of rotatable bonds is 30. The van der Waals surface area contributed by atoms with Crippen LogP contribution in [0, 0.1) is 5.41 Å². The van der Waals surface area contributed by atoms with Crippen molar-refractivity contribution in [3.8, 4) is 0 Å². The molecule has 2 N–H and O–H groups in total. The van der Waals surface area contributed by atoms with E-state index in [-0.39, 0.29) is 25.5 Å². The van der Waals surface area contributed by atoms with Gasteiger partial charge in [-0.25, -0.2) is 0 Å². The summed E-state index contributed by atoms with van der Waals surface area (Å²) in [5, 5.41) is 11.9. The van der Waals surface area contributed by atoms with Gasteiger partial charge in [0.25, 0.3) is 0 Å². The van der Waals surface area contributed by atoms with Crippen molar-refractivity contribution < 1.29 is 33.8 Å². The van der Waals surface area contributed by atoms with Gasteiger partial charge in [0.05, 0.1) is 6.42 Å². The highest BCUT2D eigenvalue weighted by Gasteiger charge is 2.46. The van der Waals surface area contributed by atoms with Gasteiger partial charge < -0.3 is 19.9 Å². The van der Waals surface area contributed by atoms with Crippen LogP contribution >= 0.6 is 0 Å². The highest BCUT2D eigenvalue weighted by Crippen LogP contribution is 2.35. The second-order valence-corrected chi connectivity index (χ2v) is 13.6. The van der Waals surface area contributed by atoms with Gasteiger partial charge in [-0.05, 0) is 30.4 Å². The minimum absolute atomic E-state index is 0.0234. The summed E-state index contributed by atoms with van der Waals surface area (Å²) in [5.74, 6) is -2.09. The number of carbonyl (C=O) groups excluding carboxylic acids is 3. The quantitative estimate of drug-likeness (QED) is 0.0475. The molecule has 8 heteroatoms. The van der Waals surface area contributed by atoms with Crippen molar-refractivity contribution in [3.63, 3.8) is 0 Å². The average molecular weight is 694 g/mol. The van der Waals surface area contributed by atoms with E-state index in [9.17, 15) is 19.2 Å². The van der Waals surface area contributed by atoms with Crippen molar-refractivity contribution >= 4 is 23.8 Å². The molecule has 2 aromatic rings. The Balaban J connectivity index is 1.85. The predicted octanol–water partition coefficient (Wildman–Crippen LogP) is 9.87. The van der Waals surface area contributed by atoms with Crippen LogP contribution in [0.2, 0.25) is 0 Å². The molecular weight excluding hydrogens is 630 g/mol. The summed E-state index contributed by atoms with van der Waals surface area (Å²) in [7, 11) is 0. The molecule has 0 aromatic heterocycles. The first-order valence-electron chi connectivity index (χ1n) is 19.3. The Labute approximate surface area is 301 Å². The topological polar surface area (TPSA) is 119 Å². The van der Waals surface area contributed by atoms with Gasteiger partial charge in [0.2, 0.25) is 5.91 Å². The maximum atomic E-state index is 13.8. The van der Waals surface area contributed by atoms with E-state index in [1.165, 1.54) is 32.1 Å². The number of esters is 2. The molecule has 0 radical (unpaired) electrons.